The Morgan fingerprint density at radius 1 is 0.978 bits per heavy atom. The van der Waals surface area contributed by atoms with Gasteiger partial charge in [0.2, 0.25) is 0 Å². The second-order valence-corrected chi connectivity index (χ2v) is 11.9. The van der Waals surface area contributed by atoms with E-state index in [1.165, 1.54) is 18.4 Å². The van der Waals surface area contributed by atoms with Crippen molar-refractivity contribution in [3.05, 3.63) is 126 Å². The summed E-state index contributed by atoms with van der Waals surface area (Å²) in [6.45, 7) is 7.63. The zero-order valence-electron chi connectivity index (χ0n) is 26.4. The molecule has 46 heavy (non-hydrogen) atoms. The average molecular weight is 636 g/mol. The second kappa shape index (κ2) is 12.3. The van der Waals surface area contributed by atoms with Crippen LogP contribution >= 0.6 is 11.3 Å². The molecule has 2 aromatic heterocycles. The molecule has 0 bridgehead atoms. The normalized spacial score (nSPS) is 14.7. The fraction of sp³-hybridized carbons (Fsp3) is 0.222. The van der Waals surface area contributed by atoms with Crippen LogP contribution in [0.25, 0.3) is 22.5 Å². The number of benzene rings is 3. The third kappa shape index (κ3) is 5.14. The number of rotatable bonds is 7. The minimum Gasteiger partial charge on any atom is -0.496 e. The Hall–Kier alpha value is -5.22. The van der Waals surface area contributed by atoms with Crippen LogP contribution < -0.4 is 19.6 Å². The van der Waals surface area contributed by atoms with Crippen LogP contribution in [0.4, 0.5) is 0 Å². The van der Waals surface area contributed by atoms with E-state index < -0.39 is 18.0 Å². The molecule has 6 rings (SSSR count). The third-order valence-electron chi connectivity index (χ3n) is 8.22. The third-order valence-corrected chi connectivity index (χ3v) is 9.21. The van der Waals surface area contributed by atoms with E-state index in [-0.39, 0.29) is 12.2 Å². The Bertz CT molecular complexity index is 2260. The molecule has 0 unspecified atom stereocenters. The molecule has 0 spiro atoms. The predicted octanol–water partition coefficient (Wildman–Crippen LogP) is 5.15. The maximum absolute atomic E-state index is 14.4. The number of thiazole rings is 1. The maximum Gasteiger partial charge on any atom is 0.338 e. The number of aryl methyl sites for hydroxylation is 1. The summed E-state index contributed by atoms with van der Waals surface area (Å²) in [6, 6.07) is 20.0. The lowest BCUT2D eigenvalue weighted by Gasteiger charge is -2.27. The average Bonchev–Trinajstić information content (AvgIpc) is 3.52. The van der Waals surface area contributed by atoms with E-state index in [1.54, 1.807) is 37.7 Å². The van der Waals surface area contributed by atoms with Gasteiger partial charge in [0.15, 0.2) is 4.80 Å². The number of esters is 2. The molecule has 10 heteroatoms. The van der Waals surface area contributed by atoms with Gasteiger partial charge in [-0.25, -0.2) is 14.6 Å². The summed E-state index contributed by atoms with van der Waals surface area (Å²) in [4.78, 5) is 45.3. The molecule has 3 aromatic carbocycles. The number of allylic oxidation sites excluding steroid dienone is 1. The molecule has 0 fully saturated rings. The quantitative estimate of drug-likeness (QED) is 0.229. The van der Waals surface area contributed by atoms with Gasteiger partial charge in [0, 0.05) is 22.6 Å². The lowest BCUT2D eigenvalue weighted by Crippen LogP contribution is -2.40. The Labute approximate surface area is 269 Å². The molecule has 0 radical (unpaired) electrons. The first kappa shape index (κ1) is 30.8. The second-order valence-electron chi connectivity index (χ2n) is 10.9. The molecular formula is C36H33N3O6S. The van der Waals surface area contributed by atoms with E-state index in [0.717, 1.165) is 33.4 Å². The summed E-state index contributed by atoms with van der Waals surface area (Å²) in [6.07, 6.45) is 1.85. The summed E-state index contributed by atoms with van der Waals surface area (Å²) in [5, 5.41) is 1.80. The highest BCUT2D eigenvalue weighted by atomic mass is 32.1. The van der Waals surface area contributed by atoms with E-state index in [9.17, 15) is 14.4 Å². The highest BCUT2D eigenvalue weighted by molar-refractivity contribution is 7.07. The monoisotopic (exact) mass is 635 g/mol. The van der Waals surface area contributed by atoms with Crippen molar-refractivity contribution in [3.8, 4) is 11.4 Å². The van der Waals surface area contributed by atoms with Crippen molar-refractivity contribution in [2.45, 2.75) is 33.7 Å². The van der Waals surface area contributed by atoms with Crippen molar-refractivity contribution in [3.63, 3.8) is 0 Å². The molecule has 0 N–H and O–H groups in total. The standard InChI is InChI=1S/C36H33N3O6S/c1-7-45-35(42)30-21(3)37-36-39(32(30)31-27-14-9-8-11-23(27)15-16-28(31)43-5)33(40)29(46-36)19-25-17-20(2)38(22(25)4)26-13-10-12-24(18-26)34(41)44-6/h8-19,32H,7H2,1-6H3/b29-19+/t32-/m1/s1. The Morgan fingerprint density at radius 3 is 2.50 bits per heavy atom. The van der Waals surface area contributed by atoms with Crippen molar-refractivity contribution in [1.82, 2.24) is 9.13 Å². The molecule has 1 aliphatic rings. The fourth-order valence-electron chi connectivity index (χ4n) is 6.16. The topological polar surface area (TPSA) is 101 Å². The summed E-state index contributed by atoms with van der Waals surface area (Å²) in [5.74, 6) is -0.399. The summed E-state index contributed by atoms with van der Waals surface area (Å²) < 4.78 is 20.3. The summed E-state index contributed by atoms with van der Waals surface area (Å²) in [7, 11) is 2.93. The molecule has 5 aromatic rings. The van der Waals surface area contributed by atoms with Gasteiger partial charge in [-0.1, -0.05) is 47.7 Å². The number of carbonyl (C=O) groups excluding carboxylic acids is 2. The Balaban J connectivity index is 1.57. The van der Waals surface area contributed by atoms with Crippen LogP contribution in [0.15, 0.2) is 87.8 Å². The number of aromatic nitrogens is 2. The molecular weight excluding hydrogens is 602 g/mol. The van der Waals surface area contributed by atoms with E-state index in [1.807, 2.05) is 79.1 Å². The maximum atomic E-state index is 14.4. The number of methoxy groups -OCH3 is 2. The number of carbonyl (C=O) groups is 2. The van der Waals surface area contributed by atoms with Crippen molar-refractivity contribution in [2.24, 2.45) is 4.99 Å². The van der Waals surface area contributed by atoms with Gasteiger partial charge < -0.3 is 18.8 Å². The highest BCUT2D eigenvalue weighted by Gasteiger charge is 2.36. The molecule has 0 aliphatic carbocycles. The van der Waals surface area contributed by atoms with Gasteiger partial charge in [0.1, 0.15) is 11.8 Å². The van der Waals surface area contributed by atoms with Crippen LogP contribution in [0.5, 0.6) is 5.75 Å². The van der Waals surface area contributed by atoms with Crippen molar-refractivity contribution < 1.29 is 23.8 Å². The number of fused-ring (bicyclic) bond motifs is 2. The van der Waals surface area contributed by atoms with Crippen molar-refractivity contribution in [1.29, 1.82) is 0 Å². The SMILES string of the molecule is CCOC(=O)C1=C(C)N=c2s/c(=C/c3cc(C)n(-c4cccc(C(=O)OC)c4)c3C)c(=O)n2[C@H]1c1c(OC)ccc2ccccc12. The summed E-state index contributed by atoms with van der Waals surface area (Å²) in [5.41, 5.74) is 5.08. The van der Waals surface area contributed by atoms with Crippen molar-refractivity contribution in [2.75, 3.05) is 20.8 Å². The molecule has 9 nitrogen and oxygen atoms in total. The lowest BCUT2D eigenvalue weighted by molar-refractivity contribution is -0.139. The predicted molar refractivity (Wildman–Crippen MR) is 177 cm³/mol. The minimum absolute atomic E-state index is 0.178. The van der Waals surface area contributed by atoms with Gasteiger partial charge in [-0.15, -0.1) is 0 Å². The summed E-state index contributed by atoms with van der Waals surface area (Å²) >= 11 is 1.26. The number of nitrogens with zero attached hydrogens (tertiary/aromatic N) is 3. The molecule has 0 amide bonds. The van der Waals surface area contributed by atoms with Gasteiger partial charge in [0.05, 0.1) is 42.2 Å². The van der Waals surface area contributed by atoms with Gasteiger partial charge in [-0.2, -0.15) is 0 Å². The van der Waals surface area contributed by atoms with Crippen LogP contribution in [0, 0.1) is 13.8 Å². The van der Waals surface area contributed by atoms with E-state index >= 15 is 0 Å². The van der Waals surface area contributed by atoms with Crippen LogP contribution in [-0.2, 0) is 14.3 Å². The van der Waals surface area contributed by atoms with Crippen LogP contribution in [0.1, 0.15) is 52.8 Å². The fourth-order valence-corrected chi connectivity index (χ4v) is 7.20. The highest BCUT2D eigenvalue weighted by Crippen LogP contribution is 2.40. The lowest BCUT2D eigenvalue weighted by atomic mass is 9.90. The van der Waals surface area contributed by atoms with Crippen LogP contribution in [0.3, 0.4) is 0 Å². The van der Waals surface area contributed by atoms with E-state index in [4.69, 9.17) is 19.2 Å². The van der Waals surface area contributed by atoms with Crippen LogP contribution in [0.2, 0.25) is 0 Å². The van der Waals surface area contributed by atoms with E-state index in [0.29, 0.717) is 37.5 Å². The van der Waals surface area contributed by atoms with Gasteiger partial charge in [0.25, 0.3) is 5.56 Å². The zero-order chi connectivity index (χ0) is 32.7. The first-order valence-electron chi connectivity index (χ1n) is 14.8. The molecule has 3 heterocycles. The molecule has 1 aliphatic heterocycles. The Morgan fingerprint density at radius 2 is 1.76 bits per heavy atom. The van der Waals surface area contributed by atoms with Crippen LogP contribution in [-0.4, -0.2) is 41.9 Å². The smallest absolute Gasteiger partial charge is 0.338 e. The van der Waals surface area contributed by atoms with E-state index in [2.05, 4.69) is 0 Å². The molecule has 1 atom stereocenters. The Kier molecular flexibility index (Phi) is 8.22. The van der Waals surface area contributed by atoms with Gasteiger partial charge in [-0.3, -0.25) is 9.36 Å². The first-order chi connectivity index (χ1) is 22.2. The molecule has 234 valence electrons. The molecule has 0 saturated heterocycles. The van der Waals surface area contributed by atoms with Gasteiger partial charge >= 0.3 is 11.9 Å². The zero-order valence-corrected chi connectivity index (χ0v) is 27.2. The number of hydrogen-bond acceptors (Lipinski definition) is 8. The largest absolute Gasteiger partial charge is 0.496 e. The first-order valence-corrected chi connectivity index (χ1v) is 15.6. The molecule has 0 saturated carbocycles. The number of ether oxygens (including phenoxy) is 3. The minimum atomic E-state index is -0.827. The van der Waals surface area contributed by atoms with Crippen molar-refractivity contribution >= 4 is 40.1 Å². The number of hydrogen-bond donors (Lipinski definition) is 0. The van der Waals surface area contributed by atoms with Gasteiger partial charge in [-0.05, 0) is 80.4 Å².